The monoisotopic (exact) mass is 522 g/mol. The second-order valence-corrected chi connectivity index (χ2v) is 11.0. The lowest BCUT2D eigenvalue weighted by Crippen LogP contribution is -2.40. The number of hydrogen-bond donors (Lipinski definition) is 2. The number of nitrogens with one attached hydrogen (secondary N) is 1. The van der Waals surface area contributed by atoms with Crippen molar-refractivity contribution >= 4 is 22.9 Å². The molecule has 8 nitrogen and oxygen atoms in total. The summed E-state index contributed by atoms with van der Waals surface area (Å²) in [5, 5.41) is 19.4. The number of rotatable bonds is 6. The fourth-order valence-electron chi connectivity index (χ4n) is 4.95. The fourth-order valence-corrected chi connectivity index (χ4v) is 4.95. The first-order valence-corrected chi connectivity index (χ1v) is 13.4. The number of pyridine rings is 1. The van der Waals surface area contributed by atoms with Gasteiger partial charge >= 0.3 is 0 Å². The first-order chi connectivity index (χ1) is 18.7. The summed E-state index contributed by atoms with van der Waals surface area (Å²) in [6, 6.07) is 23.8. The van der Waals surface area contributed by atoms with Gasteiger partial charge in [-0.2, -0.15) is 15.4 Å². The van der Waals surface area contributed by atoms with E-state index < -0.39 is 5.60 Å². The first kappa shape index (κ1) is 26.4. The van der Waals surface area contributed by atoms with Crippen molar-refractivity contribution in [3.05, 3.63) is 84.1 Å². The SMILES string of the molecule is CC(C)(C)ON(C(=O)c1ccc(-c2ccccc2)cc1)c1cc(NC2CCC(N)CC2)c(C#N)c2ccnn12. The van der Waals surface area contributed by atoms with Gasteiger partial charge in [0.05, 0.1) is 23.0 Å². The maximum atomic E-state index is 14.0. The normalized spacial score (nSPS) is 17.5. The Bertz CT molecular complexity index is 1490. The quantitative estimate of drug-likeness (QED) is 0.304. The van der Waals surface area contributed by atoms with Gasteiger partial charge in [-0.3, -0.25) is 9.63 Å². The first-order valence-electron chi connectivity index (χ1n) is 13.4. The van der Waals surface area contributed by atoms with Gasteiger partial charge in [0.2, 0.25) is 0 Å². The zero-order valence-electron chi connectivity index (χ0n) is 22.6. The molecular weight excluding hydrogens is 488 g/mol. The van der Waals surface area contributed by atoms with Gasteiger partial charge in [-0.05, 0) is 75.8 Å². The van der Waals surface area contributed by atoms with Gasteiger partial charge in [0.15, 0.2) is 5.82 Å². The molecule has 0 atom stereocenters. The van der Waals surface area contributed by atoms with Crippen LogP contribution in [0, 0.1) is 11.3 Å². The molecule has 1 fully saturated rings. The van der Waals surface area contributed by atoms with Gasteiger partial charge in [0, 0.05) is 23.7 Å². The molecule has 1 amide bonds. The zero-order valence-corrected chi connectivity index (χ0v) is 22.6. The fraction of sp³-hybridized carbons (Fsp3) is 0.323. The number of anilines is 2. The summed E-state index contributed by atoms with van der Waals surface area (Å²) in [6.45, 7) is 5.67. The van der Waals surface area contributed by atoms with Crippen LogP contribution in [-0.4, -0.2) is 33.2 Å². The predicted octanol–water partition coefficient (Wildman–Crippen LogP) is 5.93. The molecule has 2 aromatic heterocycles. The molecule has 2 aromatic carbocycles. The van der Waals surface area contributed by atoms with Crippen LogP contribution in [0.3, 0.4) is 0 Å². The molecule has 3 N–H and O–H groups in total. The summed E-state index contributed by atoms with van der Waals surface area (Å²) in [5.74, 6) is 0.0803. The smallest absolute Gasteiger partial charge is 0.283 e. The van der Waals surface area contributed by atoms with Crippen LogP contribution < -0.4 is 16.1 Å². The highest BCUT2D eigenvalue weighted by atomic mass is 16.7. The molecule has 0 radical (unpaired) electrons. The second-order valence-electron chi connectivity index (χ2n) is 11.0. The molecule has 2 heterocycles. The largest absolute Gasteiger partial charge is 0.381 e. The minimum absolute atomic E-state index is 0.188. The Morgan fingerprint density at radius 1 is 1.05 bits per heavy atom. The van der Waals surface area contributed by atoms with Crippen LogP contribution in [0.1, 0.15) is 62.4 Å². The molecule has 0 unspecified atom stereocenters. The zero-order chi connectivity index (χ0) is 27.6. The van der Waals surface area contributed by atoms with Crippen LogP contribution in [0.4, 0.5) is 11.5 Å². The maximum absolute atomic E-state index is 14.0. The highest BCUT2D eigenvalue weighted by molar-refractivity contribution is 6.05. The Kier molecular flexibility index (Phi) is 7.38. The summed E-state index contributed by atoms with van der Waals surface area (Å²) in [4.78, 5) is 20.2. The molecular formula is C31H34N6O2. The van der Waals surface area contributed by atoms with Crippen molar-refractivity contribution in [3.63, 3.8) is 0 Å². The Labute approximate surface area is 228 Å². The number of carbonyl (C=O) groups excluding carboxylic acids is 1. The highest BCUT2D eigenvalue weighted by Crippen LogP contribution is 2.33. The number of hydroxylamine groups is 1. The number of amides is 1. The third-order valence-electron chi connectivity index (χ3n) is 6.90. The second kappa shape index (κ2) is 10.9. The van der Waals surface area contributed by atoms with Crippen LogP contribution in [0.2, 0.25) is 0 Å². The summed E-state index contributed by atoms with van der Waals surface area (Å²) in [7, 11) is 0. The lowest BCUT2D eigenvalue weighted by atomic mass is 9.91. The summed E-state index contributed by atoms with van der Waals surface area (Å²) >= 11 is 0. The van der Waals surface area contributed by atoms with E-state index in [1.54, 1.807) is 35.0 Å². The maximum Gasteiger partial charge on any atom is 0.283 e. The number of hydrogen-bond acceptors (Lipinski definition) is 6. The molecule has 8 heteroatoms. The number of benzene rings is 2. The van der Waals surface area contributed by atoms with E-state index in [1.165, 1.54) is 5.06 Å². The molecule has 5 rings (SSSR count). The molecule has 0 saturated heterocycles. The molecule has 1 aliphatic carbocycles. The van der Waals surface area contributed by atoms with E-state index >= 15 is 0 Å². The van der Waals surface area contributed by atoms with E-state index in [0.717, 1.165) is 36.8 Å². The molecule has 4 aromatic rings. The average Bonchev–Trinajstić information content (AvgIpc) is 3.42. The molecule has 1 saturated carbocycles. The van der Waals surface area contributed by atoms with E-state index in [9.17, 15) is 10.1 Å². The highest BCUT2D eigenvalue weighted by Gasteiger charge is 2.29. The van der Waals surface area contributed by atoms with E-state index in [4.69, 9.17) is 10.6 Å². The number of nitrogens with two attached hydrogens (primary N) is 1. The lowest BCUT2D eigenvalue weighted by molar-refractivity contribution is -0.0171. The molecule has 0 aliphatic heterocycles. The van der Waals surface area contributed by atoms with Crippen molar-refractivity contribution in [1.29, 1.82) is 5.26 Å². The number of nitrogens with zero attached hydrogens (tertiary/aromatic N) is 4. The minimum Gasteiger partial charge on any atom is -0.381 e. The van der Waals surface area contributed by atoms with Crippen LogP contribution in [0.5, 0.6) is 0 Å². The minimum atomic E-state index is -0.680. The van der Waals surface area contributed by atoms with Crippen molar-refractivity contribution in [2.45, 2.75) is 64.1 Å². The third kappa shape index (κ3) is 5.80. The topological polar surface area (TPSA) is 109 Å². The number of carbonyl (C=O) groups is 1. The van der Waals surface area contributed by atoms with E-state index in [1.807, 2.05) is 63.2 Å². The number of nitriles is 1. The van der Waals surface area contributed by atoms with Crippen molar-refractivity contribution < 1.29 is 9.63 Å². The molecule has 0 spiro atoms. The Morgan fingerprint density at radius 3 is 2.36 bits per heavy atom. The Balaban J connectivity index is 1.55. The van der Waals surface area contributed by atoms with Gasteiger partial charge in [-0.25, -0.2) is 4.52 Å². The summed E-state index contributed by atoms with van der Waals surface area (Å²) in [6.07, 6.45) is 5.31. The standard InChI is InChI=1S/C31H34N6O2/c1-31(2,3)39-37(30(38)23-11-9-22(10-12-23)21-7-5-4-6-8-21)29-19-27(35-25-15-13-24(33)14-16-25)26(20-32)28-17-18-34-36(28)29/h4-12,17-19,24-25,35H,13-16,33H2,1-3H3. The molecule has 200 valence electrons. The van der Waals surface area contributed by atoms with Gasteiger partial charge in [0.1, 0.15) is 11.6 Å². The van der Waals surface area contributed by atoms with Crippen molar-refractivity contribution in [3.8, 4) is 17.2 Å². The average molecular weight is 523 g/mol. The molecule has 1 aliphatic rings. The number of fused-ring (bicyclic) bond motifs is 1. The van der Waals surface area contributed by atoms with Gasteiger partial charge in [-0.1, -0.05) is 42.5 Å². The van der Waals surface area contributed by atoms with Gasteiger partial charge in [-0.15, -0.1) is 0 Å². The van der Waals surface area contributed by atoms with Crippen LogP contribution in [-0.2, 0) is 4.84 Å². The van der Waals surface area contributed by atoms with E-state index in [-0.39, 0.29) is 18.0 Å². The number of aromatic nitrogens is 2. The van der Waals surface area contributed by atoms with Crippen LogP contribution in [0.15, 0.2) is 72.9 Å². The van der Waals surface area contributed by atoms with Gasteiger partial charge < -0.3 is 11.1 Å². The summed E-state index contributed by atoms with van der Waals surface area (Å²) in [5.41, 5.74) is 9.71. The van der Waals surface area contributed by atoms with Crippen molar-refractivity contribution in [1.82, 2.24) is 9.61 Å². The van der Waals surface area contributed by atoms with Crippen LogP contribution >= 0.6 is 0 Å². The summed E-state index contributed by atoms with van der Waals surface area (Å²) < 4.78 is 1.59. The molecule has 0 bridgehead atoms. The molecule has 39 heavy (non-hydrogen) atoms. The third-order valence-corrected chi connectivity index (χ3v) is 6.90. The van der Waals surface area contributed by atoms with Crippen molar-refractivity contribution in [2.75, 3.05) is 10.4 Å². The predicted molar refractivity (Wildman–Crippen MR) is 153 cm³/mol. The van der Waals surface area contributed by atoms with Crippen molar-refractivity contribution in [2.24, 2.45) is 5.73 Å². The Hall–Kier alpha value is -4.19. The Morgan fingerprint density at radius 2 is 1.72 bits per heavy atom. The van der Waals surface area contributed by atoms with E-state index in [0.29, 0.717) is 28.1 Å². The van der Waals surface area contributed by atoms with Crippen LogP contribution in [0.25, 0.3) is 16.6 Å². The lowest BCUT2D eigenvalue weighted by Gasteiger charge is -2.31. The van der Waals surface area contributed by atoms with E-state index in [2.05, 4.69) is 16.5 Å². The van der Waals surface area contributed by atoms with Gasteiger partial charge in [0.25, 0.3) is 5.91 Å².